The summed E-state index contributed by atoms with van der Waals surface area (Å²) in [6.45, 7) is 1.77. The molecule has 0 saturated carbocycles. The van der Waals surface area contributed by atoms with Crippen molar-refractivity contribution < 1.29 is 9.90 Å². The standard InChI is InChI=1S/C5H11NO2S2/c1-3(10)6-4(2-9)5(7)8/h3-4,6,9-10H,2H2,1H3,(H,7,8). The van der Waals surface area contributed by atoms with Crippen molar-refractivity contribution >= 4 is 31.2 Å². The summed E-state index contributed by atoms with van der Waals surface area (Å²) in [6, 6.07) is -0.601. The zero-order valence-electron chi connectivity index (χ0n) is 5.61. The van der Waals surface area contributed by atoms with Gasteiger partial charge in [-0.1, -0.05) is 0 Å². The van der Waals surface area contributed by atoms with Gasteiger partial charge >= 0.3 is 5.97 Å². The minimum Gasteiger partial charge on any atom is -0.480 e. The van der Waals surface area contributed by atoms with Gasteiger partial charge in [-0.25, -0.2) is 0 Å². The van der Waals surface area contributed by atoms with Crippen LogP contribution in [0.2, 0.25) is 0 Å². The van der Waals surface area contributed by atoms with Crippen LogP contribution in [-0.4, -0.2) is 28.2 Å². The highest BCUT2D eigenvalue weighted by molar-refractivity contribution is 7.81. The van der Waals surface area contributed by atoms with Gasteiger partial charge < -0.3 is 5.11 Å². The molecule has 10 heavy (non-hydrogen) atoms. The second-order valence-corrected chi connectivity index (χ2v) is 3.06. The second-order valence-electron chi connectivity index (χ2n) is 1.92. The molecule has 0 amide bonds. The molecule has 0 fully saturated rings. The number of hydrogen-bond donors (Lipinski definition) is 4. The summed E-state index contributed by atoms with van der Waals surface area (Å²) < 4.78 is 0. The van der Waals surface area contributed by atoms with Crippen LogP contribution in [0, 0.1) is 0 Å². The molecule has 2 atom stereocenters. The van der Waals surface area contributed by atoms with E-state index in [0.29, 0.717) is 0 Å². The minimum atomic E-state index is -0.893. The maximum Gasteiger partial charge on any atom is 0.321 e. The van der Waals surface area contributed by atoms with E-state index in [-0.39, 0.29) is 11.1 Å². The van der Waals surface area contributed by atoms with Crippen LogP contribution in [0.5, 0.6) is 0 Å². The van der Waals surface area contributed by atoms with Crippen LogP contribution in [0.15, 0.2) is 0 Å². The molecular weight excluding hydrogens is 170 g/mol. The predicted molar refractivity (Wildman–Crippen MR) is 46.9 cm³/mol. The van der Waals surface area contributed by atoms with Crippen LogP contribution in [-0.2, 0) is 4.79 Å². The van der Waals surface area contributed by atoms with Gasteiger partial charge in [-0.3, -0.25) is 10.1 Å². The highest BCUT2D eigenvalue weighted by Gasteiger charge is 2.15. The summed E-state index contributed by atoms with van der Waals surface area (Å²) in [5.41, 5.74) is 0. The topological polar surface area (TPSA) is 49.3 Å². The monoisotopic (exact) mass is 181 g/mol. The third-order valence-electron chi connectivity index (χ3n) is 0.923. The predicted octanol–water partition coefficient (Wildman–Crippen LogP) is 0.235. The van der Waals surface area contributed by atoms with E-state index in [4.69, 9.17) is 5.11 Å². The van der Waals surface area contributed by atoms with Gasteiger partial charge in [0.05, 0.1) is 0 Å². The largest absolute Gasteiger partial charge is 0.480 e. The molecule has 0 spiro atoms. The van der Waals surface area contributed by atoms with Gasteiger partial charge in [0, 0.05) is 11.1 Å². The molecule has 60 valence electrons. The Labute approximate surface area is 71.0 Å². The zero-order chi connectivity index (χ0) is 8.15. The maximum absolute atomic E-state index is 10.3. The highest BCUT2D eigenvalue weighted by Crippen LogP contribution is 1.93. The highest BCUT2D eigenvalue weighted by atomic mass is 32.1. The molecule has 5 heteroatoms. The Kier molecular flexibility index (Phi) is 4.93. The first kappa shape index (κ1) is 10.1. The van der Waals surface area contributed by atoms with Crippen molar-refractivity contribution in [1.29, 1.82) is 0 Å². The van der Waals surface area contributed by atoms with Crippen LogP contribution >= 0.6 is 25.3 Å². The van der Waals surface area contributed by atoms with Crippen molar-refractivity contribution in [3.05, 3.63) is 0 Å². The van der Waals surface area contributed by atoms with Crippen LogP contribution in [0.3, 0.4) is 0 Å². The van der Waals surface area contributed by atoms with Crippen molar-refractivity contribution in [3.8, 4) is 0 Å². The van der Waals surface area contributed by atoms with E-state index in [0.717, 1.165) is 0 Å². The van der Waals surface area contributed by atoms with Gasteiger partial charge in [-0.05, 0) is 6.92 Å². The number of rotatable bonds is 4. The molecule has 3 nitrogen and oxygen atoms in total. The van der Waals surface area contributed by atoms with E-state index in [1.807, 2.05) is 0 Å². The van der Waals surface area contributed by atoms with Crippen molar-refractivity contribution in [3.63, 3.8) is 0 Å². The van der Waals surface area contributed by atoms with E-state index >= 15 is 0 Å². The summed E-state index contributed by atoms with van der Waals surface area (Å²) in [5.74, 6) is -0.615. The number of thiol groups is 2. The lowest BCUT2D eigenvalue weighted by Crippen LogP contribution is -2.41. The third-order valence-corrected chi connectivity index (χ3v) is 1.44. The molecule has 0 aliphatic carbocycles. The number of carboxylic acids is 1. The van der Waals surface area contributed by atoms with E-state index in [2.05, 4.69) is 30.6 Å². The Balaban J connectivity index is 3.72. The lowest BCUT2D eigenvalue weighted by Gasteiger charge is -2.13. The van der Waals surface area contributed by atoms with Gasteiger partial charge in [0.2, 0.25) is 0 Å². The molecule has 0 heterocycles. The lowest BCUT2D eigenvalue weighted by molar-refractivity contribution is -0.138. The summed E-state index contributed by atoms with van der Waals surface area (Å²) >= 11 is 7.83. The molecule has 0 saturated heterocycles. The van der Waals surface area contributed by atoms with Gasteiger partial charge in [0.1, 0.15) is 6.04 Å². The van der Waals surface area contributed by atoms with E-state index < -0.39 is 12.0 Å². The van der Waals surface area contributed by atoms with Gasteiger partial charge in [0.25, 0.3) is 0 Å². The smallest absolute Gasteiger partial charge is 0.321 e. The van der Waals surface area contributed by atoms with Crippen LogP contribution < -0.4 is 5.32 Å². The van der Waals surface area contributed by atoms with Crippen LogP contribution in [0.25, 0.3) is 0 Å². The molecular formula is C5H11NO2S2. The molecule has 0 radical (unpaired) electrons. The Morgan fingerprint density at radius 3 is 2.40 bits per heavy atom. The first-order chi connectivity index (χ1) is 4.57. The summed E-state index contributed by atoms with van der Waals surface area (Å²) in [5, 5.41) is 11.1. The number of aliphatic carboxylic acids is 1. The number of carbonyl (C=O) groups is 1. The van der Waals surface area contributed by atoms with Gasteiger partial charge in [-0.15, -0.1) is 0 Å². The number of nitrogens with one attached hydrogen (secondary N) is 1. The van der Waals surface area contributed by atoms with E-state index in [9.17, 15) is 4.79 Å². The molecule has 0 aliphatic heterocycles. The fourth-order valence-electron chi connectivity index (χ4n) is 0.493. The number of carboxylic acid groups (broad SMARTS) is 1. The third kappa shape index (κ3) is 4.03. The van der Waals surface area contributed by atoms with Crippen molar-refractivity contribution in [2.75, 3.05) is 5.75 Å². The molecule has 0 aromatic heterocycles. The van der Waals surface area contributed by atoms with Crippen LogP contribution in [0.1, 0.15) is 6.92 Å². The molecule has 2 N–H and O–H groups in total. The van der Waals surface area contributed by atoms with E-state index in [1.54, 1.807) is 6.92 Å². The summed E-state index contributed by atoms with van der Waals surface area (Å²) in [7, 11) is 0. The quantitative estimate of drug-likeness (QED) is 0.371. The second kappa shape index (κ2) is 4.87. The van der Waals surface area contributed by atoms with Crippen molar-refractivity contribution in [2.45, 2.75) is 18.3 Å². The number of hydrogen-bond acceptors (Lipinski definition) is 4. The molecule has 0 bridgehead atoms. The lowest BCUT2D eigenvalue weighted by atomic mass is 10.3. The molecule has 0 aromatic rings. The summed E-state index contributed by atoms with van der Waals surface area (Å²) in [6.07, 6.45) is 0. The maximum atomic E-state index is 10.3. The average molecular weight is 181 g/mol. The first-order valence-electron chi connectivity index (χ1n) is 2.85. The fourth-order valence-corrected chi connectivity index (χ4v) is 0.935. The molecule has 0 rings (SSSR count). The Morgan fingerprint density at radius 2 is 2.30 bits per heavy atom. The fraction of sp³-hybridized carbons (Fsp3) is 0.800. The normalized spacial score (nSPS) is 16.3. The molecule has 0 aliphatic rings. The average Bonchev–Trinajstić information content (AvgIpc) is 1.81. The first-order valence-corrected chi connectivity index (χ1v) is 4.00. The summed E-state index contributed by atoms with van der Waals surface area (Å²) in [4.78, 5) is 10.3. The molecule has 0 aromatic carbocycles. The van der Waals surface area contributed by atoms with Crippen molar-refractivity contribution in [1.82, 2.24) is 5.32 Å². The Morgan fingerprint density at radius 1 is 1.80 bits per heavy atom. The molecule has 2 unspecified atom stereocenters. The van der Waals surface area contributed by atoms with Gasteiger partial charge in [-0.2, -0.15) is 25.3 Å². The zero-order valence-corrected chi connectivity index (χ0v) is 7.40. The Hall–Kier alpha value is 0.130. The van der Waals surface area contributed by atoms with Crippen LogP contribution in [0.4, 0.5) is 0 Å². The van der Waals surface area contributed by atoms with Crippen molar-refractivity contribution in [2.24, 2.45) is 0 Å². The van der Waals surface area contributed by atoms with Gasteiger partial charge in [0.15, 0.2) is 0 Å². The SMILES string of the molecule is CC(S)NC(CS)C(=O)O. The van der Waals surface area contributed by atoms with E-state index in [1.165, 1.54) is 0 Å². The Bertz CT molecular complexity index is 118. The minimum absolute atomic E-state index is 0.117.